The average molecular weight is 548 g/mol. The van der Waals surface area contributed by atoms with Crippen LogP contribution in [0.2, 0.25) is 0 Å². The van der Waals surface area contributed by atoms with Crippen molar-refractivity contribution in [2.24, 2.45) is 5.41 Å². The third-order valence-electron chi connectivity index (χ3n) is 7.00. The fourth-order valence-electron chi connectivity index (χ4n) is 4.59. The summed E-state index contributed by atoms with van der Waals surface area (Å²) in [6, 6.07) is 3.78. The van der Waals surface area contributed by atoms with E-state index >= 15 is 8.78 Å². The van der Waals surface area contributed by atoms with Crippen LogP contribution < -0.4 is 10.6 Å². The molecule has 0 aliphatic carbocycles. The van der Waals surface area contributed by atoms with E-state index in [1.165, 1.54) is 31.2 Å². The molecule has 1 fully saturated rings. The molecule has 4 N–H and O–H groups in total. The zero-order valence-electron chi connectivity index (χ0n) is 21.9. The predicted molar refractivity (Wildman–Crippen MR) is 138 cm³/mol. The van der Waals surface area contributed by atoms with Crippen LogP contribution in [-0.4, -0.2) is 64.1 Å². The van der Waals surface area contributed by atoms with Gasteiger partial charge in [-0.15, -0.1) is 6.58 Å². The van der Waals surface area contributed by atoms with E-state index in [0.717, 1.165) is 18.2 Å². The van der Waals surface area contributed by atoms with Crippen molar-refractivity contribution in [3.05, 3.63) is 77.6 Å². The number of alkyl halides is 2. The summed E-state index contributed by atoms with van der Waals surface area (Å²) in [5, 5.41) is 26.0. The molecule has 1 heterocycles. The van der Waals surface area contributed by atoms with Crippen LogP contribution in [0.3, 0.4) is 0 Å². The van der Waals surface area contributed by atoms with Gasteiger partial charge in [0.2, 0.25) is 5.91 Å². The number of imide groups is 1. The molecule has 3 amide bonds. The molecule has 1 aliphatic rings. The van der Waals surface area contributed by atoms with Crippen molar-refractivity contribution in [3.8, 4) is 5.75 Å². The first-order chi connectivity index (χ1) is 18.2. The lowest BCUT2D eigenvalue weighted by Crippen LogP contribution is -2.61. The van der Waals surface area contributed by atoms with Crippen LogP contribution in [0, 0.1) is 18.2 Å². The van der Waals surface area contributed by atoms with Crippen LogP contribution >= 0.6 is 0 Å². The summed E-state index contributed by atoms with van der Waals surface area (Å²) in [6.45, 7) is 8.61. The normalized spacial score (nSPS) is 18.2. The van der Waals surface area contributed by atoms with Gasteiger partial charge in [-0.05, 0) is 49.6 Å². The molecule has 0 aromatic heterocycles. The minimum Gasteiger partial charge on any atom is -0.508 e. The van der Waals surface area contributed by atoms with Crippen LogP contribution in [0.1, 0.15) is 41.8 Å². The van der Waals surface area contributed by atoms with Gasteiger partial charge in [0, 0.05) is 23.2 Å². The molecule has 2 aromatic carbocycles. The molecular weight excluding hydrogens is 515 g/mol. The monoisotopic (exact) mass is 547 g/mol. The second kappa shape index (κ2) is 11.6. The Bertz CT molecular complexity index is 1270. The van der Waals surface area contributed by atoms with Crippen molar-refractivity contribution in [1.82, 2.24) is 15.5 Å². The Labute approximate surface area is 224 Å². The van der Waals surface area contributed by atoms with Crippen molar-refractivity contribution in [3.63, 3.8) is 0 Å². The third kappa shape index (κ3) is 6.15. The Kier molecular flexibility index (Phi) is 8.87. The summed E-state index contributed by atoms with van der Waals surface area (Å²) in [5.41, 5.74) is -1.59. The second-order valence-electron chi connectivity index (χ2n) is 10.2. The van der Waals surface area contributed by atoms with Gasteiger partial charge in [0.1, 0.15) is 17.6 Å². The fourth-order valence-corrected chi connectivity index (χ4v) is 4.59. The molecule has 1 saturated heterocycles. The largest absolute Gasteiger partial charge is 0.508 e. The molecule has 3 rings (SSSR count). The first kappa shape index (κ1) is 29.9. The molecule has 1 aliphatic heterocycles. The van der Waals surface area contributed by atoms with Crippen molar-refractivity contribution < 1.29 is 37.8 Å². The van der Waals surface area contributed by atoms with E-state index < -0.39 is 58.6 Å². The van der Waals surface area contributed by atoms with Crippen molar-refractivity contribution in [1.29, 1.82) is 0 Å². The van der Waals surface area contributed by atoms with E-state index in [9.17, 15) is 29.0 Å². The lowest BCUT2D eigenvalue weighted by atomic mass is 9.84. The molecule has 11 heteroatoms. The molecule has 3 atom stereocenters. The highest BCUT2D eigenvalue weighted by molar-refractivity contribution is 6.01. The number of nitrogens with zero attached hydrogens (tertiary/aromatic N) is 1. The van der Waals surface area contributed by atoms with Gasteiger partial charge in [-0.25, -0.2) is 4.39 Å². The lowest BCUT2D eigenvalue weighted by molar-refractivity contribution is -0.158. The van der Waals surface area contributed by atoms with Gasteiger partial charge in [0.15, 0.2) is 6.10 Å². The zero-order valence-corrected chi connectivity index (χ0v) is 21.9. The van der Waals surface area contributed by atoms with Gasteiger partial charge in [-0.3, -0.25) is 19.3 Å². The van der Waals surface area contributed by atoms with Crippen LogP contribution in [0.15, 0.2) is 55.1 Å². The maximum atomic E-state index is 15.9. The number of phenolic OH excluding ortho intramolecular Hbond substituents is 1. The van der Waals surface area contributed by atoms with Crippen molar-refractivity contribution in [2.45, 2.75) is 51.3 Å². The highest BCUT2D eigenvalue weighted by Crippen LogP contribution is 2.36. The van der Waals surface area contributed by atoms with Crippen LogP contribution in [0.4, 0.5) is 13.2 Å². The van der Waals surface area contributed by atoms with Gasteiger partial charge in [-0.2, -0.15) is 8.78 Å². The number of phenols is 1. The standard InChI is InChI=1S/C28H32F3N3O5/c1-5-14-34(26(39)23-27(3,4)12-13-32-23)25(38)21(36)22(28(30,31)17-8-6-9-18(29)15-17)33-24(37)19-10-7-11-20(35)16(19)2/h5-11,15,21-23,32,35-36H,1,12-14H2,2-4H3,(H,33,37)/t21-,22-,23-/m0/s1. The highest BCUT2D eigenvalue weighted by Gasteiger charge is 2.51. The van der Waals surface area contributed by atoms with E-state index in [-0.39, 0.29) is 23.4 Å². The van der Waals surface area contributed by atoms with Crippen LogP contribution in [-0.2, 0) is 15.5 Å². The minimum atomic E-state index is -4.18. The number of aliphatic hydroxyl groups is 1. The lowest BCUT2D eigenvalue weighted by Gasteiger charge is -2.35. The first-order valence-electron chi connectivity index (χ1n) is 12.3. The predicted octanol–water partition coefficient (Wildman–Crippen LogP) is 3.02. The van der Waals surface area contributed by atoms with E-state index in [0.29, 0.717) is 23.9 Å². The molecule has 0 bridgehead atoms. The van der Waals surface area contributed by atoms with Crippen LogP contribution in [0.5, 0.6) is 5.75 Å². The summed E-state index contributed by atoms with van der Waals surface area (Å²) >= 11 is 0. The Morgan fingerprint density at radius 2 is 1.92 bits per heavy atom. The number of carbonyl (C=O) groups is 3. The smallest absolute Gasteiger partial charge is 0.296 e. The summed E-state index contributed by atoms with van der Waals surface area (Å²) < 4.78 is 45.6. The number of nitrogens with one attached hydrogen (secondary N) is 2. The van der Waals surface area contributed by atoms with E-state index in [4.69, 9.17) is 0 Å². The third-order valence-corrected chi connectivity index (χ3v) is 7.00. The Hall–Kier alpha value is -3.70. The van der Waals surface area contributed by atoms with Crippen molar-refractivity contribution >= 4 is 17.7 Å². The Morgan fingerprint density at radius 1 is 1.26 bits per heavy atom. The van der Waals surface area contributed by atoms with Crippen molar-refractivity contribution in [2.75, 3.05) is 13.1 Å². The topological polar surface area (TPSA) is 119 Å². The number of aliphatic hydroxyl groups excluding tert-OH is 1. The molecule has 0 unspecified atom stereocenters. The summed E-state index contributed by atoms with van der Waals surface area (Å²) in [4.78, 5) is 40.5. The number of carbonyl (C=O) groups excluding carboxylic acids is 3. The molecule has 0 radical (unpaired) electrons. The van der Waals surface area contributed by atoms with Gasteiger partial charge < -0.3 is 20.8 Å². The molecule has 0 saturated carbocycles. The molecular formula is C28H32F3N3O5. The molecule has 2 aromatic rings. The fraction of sp³-hybridized carbons (Fsp3) is 0.393. The number of benzene rings is 2. The second-order valence-corrected chi connectivity index (χ2v) is 10.2. The number of hydrogen-bond acceptors (Lipinski definition) is 6. The number of hydrogen-bond donors (Lipinski definition) is 4. The molecule has 210 valence electrons. The number of halogens is 3. The number of aromatic hydroxyl groups is 1. The van der Waals surface area contributed by atoms with Gasteiger partial charge >= 0.3 is 0 Å². The van der Waals surface area contributed by atoms with Gasteiger partial charge in [0.25, 0.3) is 17.7 Å². The summed E-state index contributed by atoms with van der Waals surface area (Å²) in [7, 11) is 0. The van der Waals surface area contributed by atoms with E-state index in [1.54, 1.807) is 13.8 Å². The molecule has 39 heavy (non-hydrogen) atoms. The SMILES string of the molecule is C=CCN(C(=O)[C@@H](O)[C@H](NC(=O)c1cccc(O)c1C)C(F)(F)c1cccc(F)c1)C(=O)[C@@H]1NCCC1(C)C. The average Bonchev–Trinajstić information content (AvgIpc) is 3.24. The quantitative estimate of drug-likeness (QED) is 0.359. The van der Waals surface area contributed by atoms with E-state index in [1.807, 2.05) is 5.32 Å². The van der Waals surface area contributed by atoms with Crippen LogP contribution in [0.25, 0.3) is 0 Å². The highest BCUT2D eigenvalue weighted by atomic mass is 19.3. The summed E-state index contributed by atoms with van der Waals surface area (Å²) in [6.07, 6.45) is -0.807. The molecule has 0 spiro atoms. The zero-order chi connectivity index (χ0) is 29.1. The Balaban J connectivity index is 2.03. The minimum absolute atomic E-state index is 0.0710. The first-order valence-corrected chi connectivity index (χ1v) is 12.3. The van der Waals surface area contributed by atoms with Gasteiger partial charge in [0.05, 0.1) is 6.04 Å². The Morgan fingerprint density at radius 3 is 2.51 bits per heavy atom. The summed E-state index contributed by atoms with van der Waals surface area (Å²) in [5.74, 6) is -8.72. The molecule has 8 nitrogen and oxygen atoms in total. The number of amides is 3. The van der Waals surface area contributed by atoms with E-state index in [2.05, 4.69) is 11.9 Å². The van der Waals surface area contributed by atoms with Gasteiger partial charge in [-0.1, -0.05) is 38.1 Å². The maximum Gasteiger partial charge on any atom is 0.296 e. The number of rotatable bonds is 9. The maximum absolute atomic E-state index is 15.9.